The van der Waals surface area contributed by atoms with Crippen LogP contribution in [-0.4, -0.2) is 51.6 Å². The Kier molecular flexibility index (Phi) is 9.19. The number of hydrogen-bond acceptors (Lipinski definition) is 5. The van der Waals surface area contributed by atoms with Crippen molar-refractivity contribution in [1.82, 2.24) is 5.32 Å². The molecule has 0 radical (unpaired) electrons. The molecule has 0 atom stereocenters. The zero-order valence-corrected chi connectivity index (χ0v) is 13.6. The molecule has 0 aromatic carbocycles. The summed E-state index contributed by atoms with van der Waals surface area (Å²) in [5.41, 5.74) is 0. The van der Waals surface area contributed by atoms with Gasteiger partial charge in [0.05, 0.1) is 6.26 Å². The highest BCUT2D eigenvalue weighted by Crippen LogP contribution is 2.23. The zero-order valence-electron chi connectivity index (χ0n) is 12.8. The number of carbonyl (C=O) groups is 1. The Labute approximate surface area is 133 Å². The molecule has 1 aliphatic rings. The van der Waals surface area contributed by atoms with E-state index in [-0.39, 0.29) is 6.61 Å². The van der Waals surface area contributed by atoms with Gasteiger partial charge in [-0.1, -0.05) is 11.8 Å². The summed E-state index contributed by atoms with van der Waals surface area (Å²) < 4.78 is 57.6. The monoisotopic (exact) mass is 359 g/mol. The van der Waals surface area contributed by atoms with Crippen LogP contribution in [0.1, 0.15) is 25.7 Å². The second kappa shape index (κ2) is 9.75. The number of halogens is 3. The smallest absolute Gasteiger partial charge is 0.475 e. The molecule has 2 N–H and O–H groups in total. The Morgan fingerprint density at radius 3 is 2.13 bits per heavy atom. The van der Waals surface area contributed by atoms with E-state index in [0.29, 0.717) is 12.0 Å². The van der Waals surface area contributed by atoms with E-state index < -0.39 is 22.3 Å². The van der Waals surface area contributed by atoms with Crippen LogP contribution < -0.4 is 5.32 Å². The van der Waals surface area contributed by atoms with E-state index >= 15 is 0 Å². The van der Waals surface area contributed by atoms with Gasteiger partial charge in [0.25, 0.3) is 10.1 Å². The molecule has 1 fully saturated rings. The van der Waals surface area contributed by atoms with Gasteiger partial charge in [-0.2, -0.15) is 21.6 Å². The fourth-order valence-electron chi connectivity index (χ4n) is 1.85. The minimum Gasteiger partial charge on any atom is -0.475 e. The molecule has 0 unspecified atom stereocenters. The lowest BCUT2D eigenvalue weighted by Crippen LogP contribution is -2.29. The first-order valence-corrected chi connectivity index (χ1v) is 8.57. The highest BCUT2D eigenvalue weighted by Gasteiger charge is 2.38. The van der Waals surface area contributed by atoms with Crippen LogP contribution in [0.2, 0.25) is 0 Å². The highest BCUT2D eigenvalue weighted by molar-refractivity contribution is 7.86. The molecule has 0 saturated heterocycles. The van der Waals surface area contributed by atoms with Crippen molar-refractivity contribution in [1.29, 1.82) is 0 Å². The highest BCUT2D eigenvalue weighted by atomic mass is 32.2. The van der Waals surface area contributed by atoms with E-state index in [1.807, 2.05) is 7.05 Å². The number of aliphatic carboxylic acids is 1. The van der Waals surface area contributed by atoms with Gasteiger partial charge in [0, 0.05) is 12.0 Å². The largest absolute Gasteiger partial charge is 0.490 e. The number of hydrogen-bond donors (Lipinski definition) is 2. The molecule has 0 amide bonds. The average molecular weight is 359 g/mol. The number of nitrogens with one attached hydrogen (secondary N) is 1. The van der Waals surface area contributed by atoms with Gasteiger partial charge >= 0.3 is 12.1 Å². The number of carboxylic acid groups (broad SMARTS) is 1. The minimum absolute atomic E-state index is 0.0230. The quantitative estimate of drug-likeness (QED) is 0.584. The Balaban J connectivity index is 0.000000585. The van der Waals surface area contributed by atoms with Crippen molar-refractivity contribution >= 4 is 16.1 Å². The molecular weight excluding hydrogens is 339 g/mol. The lowest BCUT2D eigenvalue weighted by molar-refractivity contribution is -0.192. The summed E-state index contributed by atoms with van der Waals surface area (Å²) in [5, 5.41) is 10.4. The van der Waals surface area contributed by atoms with Gasteiger partial charge in [-0.05, 0) is 32.7 Å². The molecule has 6 nitrogen and oxygen atoms in total. The number of carboxylic acids is 1. The Hall–Kier alpha value is -1.31. The SMILES string of the molecule is CNC1CCC(C#CCOS(C)(=O)=O)CC1.O=C(O)C(F)(F)F. The van der Waals surface area contributed by atoms with Crippen LogP contribution in [0.15, 0.2) is 0 Å². The van der Waals surface area contributed by atoms with E-state index in [0.717, 1.165) is 31.9 Å². The summed E-state index contributed by atoms with van der Waals surface area (Å²) in [6.07, 6.45) is 0.396. The Morgan fingerprint density at radius 1 is 1.30 bits per heavy atom. The first-order valence-electron chi connectivity index (χ1n) is 6.76. The van der Waals surface area contributed by atoms with Gasteiger partial charge in [0.2, 0.25) is 0 Å². The third kappa shape index (κ3) is 11.9. The predicted molar refractivity (Wildman–Crippen MR) is 77.1 cm³/mol. The summed E-state index contributed by atoms with van der Waals surface area (Å²) >= 11 is 0. The first kappa shape index (κ1) is 21.7. The van der Waals surface area contributed by atoms with Crippen molar-refractivity contribution in [3.63, 3.8) is 0 Å². The summed E-state index contributed by atoms with van der Waals surface area (Å²) in [7, 11) is -1.37. The van der Waals surface area contributed by atoms with Crippen molar-refractivity contribution in [3.05, 3.63) is 0 Å². The van der Waals surface area contributed by atoms with E-state index in [9.17, 15) is 21.6 Å². The van der Waals surface area contributed by atoms with Crippen molar-refractivity contribution in [2.75, 3.05) is 19.9 Å². The minimum atomic E-state index is -5.08. The molecular formula is C13H20F3NO5S. The first-order chi connectivity index (χ1) is 10.5. The van der Waals surface area contributed by atoms with E-state index in [1.54, 1.807) is 0 Å². The second-order valence-electron chi connectivity index (χ2n) is 4.93. The van der Waals surface area contributed by atoms with Gasteiger partial charge in [0.1, 0.15) is 6.61 Å². The van der Waals surface area contributed by atoms with Crippen molar-refractivity contribution < 1.29 is 35.7 Å². The molecule has 0 aromatic rings. The zero-order chi connectivity index (χ0) is 18.1. The maximum absolute atomic E-state index is 10.7. The lowest BCUT2D eigenvalue weighted by atomic mass is 9.86. The van der Waals surface area contributed by atoms with Crippen LogP contribution in [0, 0.1) is 17.8 Å². The standard InChI is InChI=1S/C11H19NO3S.C2HF3O2/c1-12-11-7-5-10(6-8-11)4-3-9-15-16(2,13)14;3-2(4,5)1(6)7/h10-12H,5-9H2,1-2H3;(H,6,7). The van der Waals surface area contributed by atoms with Crippen LogP contribution in [0.5, 0.6) is 0 Å². The number of alkyl halides is 3. The maximum atomic E-state index is 10.7. The number of rotatable bonds is 3. The third-order valence-corrected chi connectivity index (χ3v) is 3.58. The van der Waals surface area contributed by atoms with E-state index in [1.165, 1.54) is 0 Å². The topological polar surface area (TPSA) is 92.7 Å². The van der Waals surface area contributed by atoms with Gasteiger partial charge < -0.3 is 10.4 Å². The molecule has 0 aromatic heterocycles. The van der Waals surface area contributed by atoms with Crippen LogP contribution in [0.25, 0.3) is 0 Å². The third-order valence-electron chi connectivity index (χ3n) is 3.03. The predicted octanol–water partition coefficient (Wildman–Crippen LogP) is 1.38. The van der Waals surface area contributed by atoms with E-state index in [4.69, 9.17) is 9.90 Å². The van der Waals surface area contributed by atoms with Gasteiger partial charge in [-0.15, -0.1) is 0 Å². The fourth-order valence-corrected chi connectivity index (χ4v) is 2.12. The Bertz CT molecular complexity index is 528. The molecule has 23 heavy (non-hydrogen) atoms. The summed E-state index contributed by atoms with van der Waals surface area (Å²) in [4.78, 5) is 8.90. The van der Waals surface area contributed by atoms with Gasteiger partial charge in [-0.25, -0.2) is 4.79 Å². The van der Waals surface area contributed by atoms with Crippen molar-refractivity contribution in [2.24, 2.45) is 5.92 Å². The molecule has 0 aliphatic heterocycles. The van der Waals surface area contributed by atoms with Gasteiger partial charge in [0.15, 0.2) is 0 Å². The van der Waals surface area contributed by atoms with Crippen molar-refractivity contribution in [2.45, 2.75) is 37.9 Å². The summed E-state index contributed by atoms with van der Waals surface area (Å²) in [5.74, 6) is 3.48. The molecule has 0 heterocycles. The van der Waals surface area contributed by atoms with Crippen LogP contribution in [-0.2, 0) is 19.1 Å². The molecule has 134 valence electrons. The lowest BCUT2D eigenvalue weighted by Gasteiger charge is -2.24. The average Bonchev–Trinajstić information content (AvgIpc) is 2.43. The van der Waals surface area contributed by atoms with Crippen molar-refractivity contribution in [3.8, 4) is 11.8 Å². The molecule has 0 spiro atoms. The summed E-state index contributed by atoms with van der Waals surface area (Å²) in [6.45, 7) is -0.0230. The maximum Gasteiger partial charge on any atom is 0.490 e. The molecule has 10 heteroatoms. The molecule has 1 aliphatic carbocycles. The molecule has 1 saturated carbocycles. The van der Waals surface area contributed by atoms with Crippen LogP contribution in [0.4, 0.5) is 13.2 Å². The van der Waals surface area contributed by atoms with Gasteiger partial charge in [-0.3, -0.25) is 4.18 Å². The van der Waals surface area contributed by atoms with E-state index in [2.05, 4.69) is 21.3 Å². The second-order valence-corrected chi connectivity index (χ2v) is 6.57. The van der Waals surface area contributed by atoms with Crippen LogP contribution in [0.3, 0.4) is 0 Å². The normalized spacial score (nSPS) is 21.4. The Morgan fingerprint density at radius 2 is 1.78 bits per heavy atom. The molecule has 1 rings (SSSR count). The fraction of sp³-hybridized carbons (Fsp3) is 0.769. The molecule has 0 bridgehead atoms. The summed E-state index contributed by atoms with van der Waals surface area (Å²) in [6, 6.07) is 0.616. The van der Waals surface area contributed by atoms with Crippen LogP contribution >= 0.6 is 0 Å².